The lowest BCUT2D eigenvalue weighted by Crippen LogP contribution is -2.36. The van der Waals surface area contributed by atoms with Gasteiger partial charge in [-0.15, -0.1) is 11.3 Å². The molecule has 1 amide bonds. The number of amides is 1. The Bertz CT molecular complexity index is 1910. The highest BCUT2D eigenvalue weighted by Gasteiger charge is 2.20. The molecule has 0 bridgehead atoms. The van der Waals surface area contributed by atoms with Crippen LogP contribution in [0.25, 0.3) is 21.8 Å². The molecule has 10 nitrogen and oxygen atoms in total. The Labute approximate surface area is 300 Å². The SMILES string of the molecule is CN(C)CCOc1cccc(Nc2nccc(-c3sc(CCCCN4CCOCC4)nc3-c3cccc(NC(=O)c4c(F)cccc4F)c3)n2)c1. The minimum absolute atomic E-state index is 0.379. The fraction of sp³-hybridized carbons (Fsp3) is 0.316. The molecule has 51 heavy (non-hydrogen) atoms. The van der Waals surface area contributed by atoms with E-state index in [4.69, 9.17) is 19.4 Å². The molecule has 1 saturated heterocycles. The molecular formula is C38H41F2N7O3S. The van der Waals surface area contributed by atoms with Crippen LogP contribution < -0.4 is 15.4 Å². The van der Waals surface area contributed by atoms with Crippen LogP contribution in [0.1, 0.15) is 28.2 Å². The van der Waals surface area contributed by atoms with Crippen LogP contribution in [-0.4, -0.2) is 90.8 Å². The molecule has 2 N–H and O–H groups in total. The molecule has 266 valence electrons. The summed E-state index contributed by atoms with van der Waals surface area (Å²) in [6.07, 6.45) is 4.50. The van der Waals surface area contributed by atoms with Crippen LogP contribution in [0.5, 0.6) is 5.75 Å². The average Bonchev–Trinajstić information content (AvgIpc) is 3.55. The van der Waals surface area contributed by atoms with Gasteiger partial charge in [0.2, 0.25) is 5.95 Å². The van der Waals surface area contributed by atoms with E-state index in [-0.39, 0.29) is 0 Å². The van der Waals surface area contributed by atoms with Gasteiger partial charge in [-0.05, 0) is 82.4 Å². The maximum Gasteiger partial charge on any atom is 0.261 e. The molecule has 13 heteroatoms. The molecule has 1 aliphatic heterocycles. The van der Waals surface area contributed by atoms with Crippen LogP contribution >= 0.6 is 11.3 Å². The number of benzene rings is 3. The molecule has 0 saturated carbocycles. The molecule has 0 spiro atoms. The second-order valence-electron chi connectivity index (χ2n) is 12.4. The molecule has 1 aliphatic rings. The molecule has 3 aromatic carbocycles. The lowest BCUT2D eigenvalue weighted by molar-refractivity contribution is 0.0372. The minimum Gasteiger partial charge on any atom is -0.492 e. The van der Waals surface area contributed by atoms with Crippen molar-refractivity contribution < 1.29 is 23.0 Å². The fourth-order valence-electron chi connectivity index (χ4n) is 5.61. The first-order valence-electron chi connectivity index (χ1n) is 17.0. The number of hydrogen-bond donors (Lipinski definition) is 2. The zero-order valence-electron chi connectivity index (χ0n) is 28.7. The number of aryl methyl sites for hydroxylation is 1. The second kappa shape index (κ2) is 17.4. The Morgan fingerprint density at radius 1 is 0.961 bits per heavy atom. The number of rotatable bonds is 15. The zero-order valence-corrected chi connectivity index (χ0v) is 29.5. The normalized spacial score (nSPS) is 13.4. The first-order chi connectivity index (χ1) is 24.8. The lowest BCUT2D eigenvalue weighted by atomic mass is 10.1. The van der Waals surface area contributed by atoms with Crippen LogP contribution in [0.4, 0.5) is 26.1 Å². The highest BCUT2D eigenvalue weighted by atomic mass is 32.1. The number of carbonyl (C=O) groups is 1. The Balaban J connectivity index is 1.24. The van der Waals surface area contributed by atoms with Crippen molar-refractivity contribution in [1.29, 1.82) is 0 Å². The van der Waals surface area contributed by atoms with Gasteiger partial charge in [0.1, 0.15) is 29.6 Å². The summed E-state index contributed by atoms with van der Waals surface area (Å²) in [5.41, 5.74) is 2.63. The summed E-state index contributed by atoms with van der Waals surface area (Å²) in [6, 6.07) is 19.9. The van der Waals surface area contributed by atoms with E-state index in [0.717, 1.165) is 97.7 Å². The van der Waals surface area contributed by atoms with Crippen molar-refractivity contribution in [3.05, 3.63) is 101 Å². The van der Waals surface area contributed by atoms with Gasteiger partial charge in [0.25, 0.3) is 5.91 Å². The highest BCUT2D eigenvalue weighted by Crippen LogP contribution is 2.38. The van der Waals surface area contributed by atoms with E-state index in [0.29, 0.717) is 29.6 Å². The molecular weight excluding hydrogens is 673 g/mol. The molecule has 0 aliphatic carbocycles. The van der Waals surface area contributed by atoms with Crippen molar-refractivity contribution in [2.24, 2.45) is 0 Å². The van der Waals surface area contributed by atoms with Gasteiger partial charge in [-0.3, -0.25) is 9.69 Å². The lowest BCUT2D eigenvalue weighted by Gasteiger charge is -2.26. The summed E-state index contributed by atoms with van der Waals surface area (Å²) < 4.78 is 40.1. The van der Waals surface area contributed by atoms with Crippen molar-refractivity contribution in [3.63, 3.8) is 0 Å². The third-order valence-electron chi connectivity index (χ3n) is 8.26. The van der Waals surface area contributed by atoms with Gasteiger partial charge in [0, 0.05) is 48.8 Å². The Kier molecular flexibility index (Phi) is 12.3. The summed E-state index contributed by atoms with van der Waals surface area (Å²) in [5, 5.41) is 6.90. The van der Waals surface area contributed by atoms with Crippen LogP contribution in [0, 0.1) is 11.6 Å². The maximum absolute atomic E-state index is 14.3. The van der Waals surface area contributed by atoms with Crippen molar-refractivity contribution in [3.8, 4) is 27.6 Å². The number of nitrogens with one attached hydrogen (secondary N) is 2. The summed E-state index contributed by atoms with van der Waals surface area (Å²) in [5.74, 6) is -1.58. The van der Waals surface area contributed by atoms with Gasteiger partial charge in [0.05, 0.1) is 34.5 Å². The van der Waals surface area contributed by atoms with Gasteiger partial charge in [-0.25, -0.2) is 23.7 Å². The molecule has 0 unspecified atom stereocenters. The predicted molar refractivity (Wildman–Crippen MR) is 197 cm³/mol. The van der Waals surface area contributed by atoms with Crippen molar-refractivity contribution in [2.75, 3.05) is 70.7 Å². The van der Waals surface area contributed by atoms with Crippen molar-refractivity contribution >= 4 is 34.6 Å². The smallest absolute Gasteiger partial charge is 0.261 e. The number of likely N-dealkylation sites (N-methyl/N-ethyl adjacent to an activating group) is 1. The molecule has 1 fully saturated rings. The number of nitrogens with zero attached hydrogens (tertiary/aromatic N) is 5. The van der Waals surface area contributed by atoms with Gasteiger partial charge in [-0.2, -0.15) is 0 Å². The van der Waals surface area contributed by atoms with Crippen molar-refractivity contribution in [2.45, 2.75) is 19.3 Å². The highest BCUT2D eigenvalue weighted by molar-refractivity contribution is 7.15. The monoisotopic (exact) mass is 713 g/mol. The maximum atomic E-state index is 14.3. The average molecular weight is 714 g/mol. The molecule has 5 aromatic rings. The Hall–Kier alpha value is -4.82. The molecule has 6 rings (SSSR count). The van der Waals surface area contributed by atoms with E-state index >= 15 is 0 Å². The number of hydrogen-bond acceptors (Lipinski definition) is 10. The van der Waals surface area contributed by atoms with E-state index < -0.39 is 23.1 Å². The van der Waals surface area contributed by atoms with Crippen LogP contribution in [0.2, 0.25) is 0 Å². The number of carbonyl (C=O) groups excluding carboxylic acids is 1. The number of morpholine rings is 1. The van der Waals surface area contributed by atoms with Crippen molar-refractivity contribution in [1.82, 2.24) is 24.8 Å². The van der Waals surface area contributed by atoms with E-state index in [9.17, 15) is 13.6 Å². The number of thiazole rings is 1. The quantitative estimate of drug-likeness (QED) is 0.110. The van der Waals surface area contributed by atoms with Gasteiger partial charge < -0.3 is 25.0 Å². The zero-order chi connectivity index (χ0) is 35.6. The Morgan fingerprint density at radius 3 is 2.53 bits per heavy atom. The largest absolute Gasteiger partial charge is 0.492 e. The number of aromatic nitrogens is 3. The number of unbranched alkanes of at least 4 members (excludes halogenated alkanes) is 1. The van der Waals surface area contributed by atoms with Crippen LogP contribution in [-0.2, 0) is 11.2 Å². The summed E-state index contributed by atoms with van der Waals surface area (Å²) in [7, 11) is 4.00. The topological polar surface area (TPSA) is 105 Å². The third-order valence-corrected chi connectivity index (χ3v) is 9.40. The van der Waals surface area contributed by atoms with Gasteiger partial charge in [-0.1, -0.05) is 24.3 Å². The summed E-state index contributed by atoms with van der Waals surface area (Å²) >= 11 is 1.57. The molecule has 0 radical (unpaired) electrons. The minimum atomic E-state index is -0.930. The van der Waals surface area contributed by atoms with Crippen LogP contribution in [0.15, 0.2) is 79.0 Å². The fourth-order valence-corrected chi connectivity index (χ4v) is 6.71. The molecule has 0 atom stereocenters. The van der Waals surface area contributed by atoms with E-state index in [2.05, 4.69) is 25.4 Å². The van der Waals surface area contributed by atoms with Gasteiger partial charge in [0.15, 0.2) is 0 Å². The Morgan fingerprint density at radius 2 is 1.73 bits per heavy atom. The summed E-state index contributed by atoms with van der Waals surface area (Å²) in [4.78, 5) is 32.6. The second-order valence-corrected chi connectivity index (χ2v) is 13.5. The van der Waals surface area contributed by atoms with E-state index in [1.807, 2.05) is 50.5 Å². The number of ether oxygens (including phenoxy) is 2. The predicted octanol–water partition coefficient (Wildman–Crippen LogP) is 7.14. The first-order valence-corrected chi connectivity index (χ1v) is 17.8. The summed E-state index contributed by atoms with van der Waals surface area (Å²) in [6.45, 7) is 5.85. The van der Waals surface area contributed by atoms with Gasteiger partial charge >= 0.3 is 0 Å². The van der Waals surface area contributed by atoms with Crippen LogP contribution in [0.3, 0.4) is 0 Å². The number of anilines is 3. The van der Waals surface area contributed by atoms with E-state index in [1.165, 1.54) is 6.07 Å². The third kappa shape index (κ3) is 9.91. The first kappa shape index (κ1) is 36.0. The molecule has 3 heterocycles. The molecule has 2 aromatic heterocycles. The standard InChI is InChI=1S/C38H41F2N7O3S/c1-46(2)18-23-50-29-11-6-10-28(25-29)43-38-41-16-15-32(44-38)36-35(45-33(51-36)14-3-4-17-47-19-21-49-22-20-47)26-8-5-9-27(24-26)42-37(48)34-30(39)12-7-13-31(34)40/h5-13,15-16,24-25H,3-4,14,17-23H2,1-2H3,(H,42,48)(H,41,43,44). The number of halogens is 2. The van der Waals surface area contributed by atoms with E-state index in [1.54, 1.807) is 35.7 Å².